The van der Waals surface area contributed by atoms with Gasteiger partial charge >= 0.3 is 0 Å². The molecule has 1 aromatic carbocycles. The van der Waals surface area contributed by atoms with E-state index in [-0.39, 0.29) is 10.7 Å². The Labute approximate surface area is 118 Å². The lowest BCUT2D eigenvalue weighted by atomic mass is 9.84. The van der Waals surface area contributed by atoms with Gasteiger partial charge in [0.25, 0.3) is 0 Å². The second-order valence-electron chi connectivity index (χ2n) is 4.96. The van der Waals surface area contributed by atoms with Crippen molar-refractivity contribution >= 4 is 29.4 Å². The van der Waals surface area contributed by atoms with Gasteiger partial charge in [0.2, 0.25) is 5.91 Å². The Morgan fingerprint density at radius 1 is 1.42 bits per heavy atom. The third-order valence-electron chi connectivity index (χ3n) is 3.65. The van der Waals surface area contributed by atoms with Gasteiger partial charge in [-0.25, -0.2) is 0 Å². The minimum atomic E-state index is -0.0304. The molecule has 0 radical (unpaired) electrons. The minimum Gasteiger partial charge on any atom is -0.399 e. The van der Waals surface area contributed by atoms with Gasteiger partial charge < -0.3 is 11.1 Å². The fourth-order valence-corrected chi connectivity index (χ4v) is 3.02. The third kappa shape index (κ3) is 3.77. The van der Waals surface area contributed by atoms with Crippen LogP contribution in [0.3, 0.4) is 0 Å². The number of hydrogen-bond donors (Lipinski definition) is 2. The highest BCUT2D eigenvalue weighted by Crippen LogP contribution is 2.42. The number of anilines is 1. The second kappa shape index (κ2) is 6.15. The Hall–Kier alpha value is -1.42. The third-order valence-corrected chi connectivity index (χ3v) is 5.06. The number of thioether (sulfide) groups is 1. The topological polar surface area (TPSA) is 55.1 Å². The number of nitrogen functional groups attached to an aromatic ring is 1. The zero-order valence-electron chi connectivity index (χ0n) is 11.2. The largest absolute Gasteiger partial charge is 0.399 e. The highest BCUT2D eigenvalue weighted by molar-refractivity contribution is 8.00. The summed E-state index contributed by atoms with van der Waals surface area (Å²) >= 11 is 1.86. The van der Waals surface area contributed by atoms with Gasteiger partial charge in [0.05, 0.1) is 0 Å². The Kier molecular flexibility index (Phi) is 4.53. The van der Waals surface area contributed by atoms with E-state index in [1.807, 2.05) is 36.0 Å². The van der Waals surface area contributed by atoms with Gasteiger partial charge in [-0.05, 0) is 42.9 Å². The molecule has 3 N–H and O–H groups in total. The fourth-order valence-electron chi connectivity index (χ4n) is 2.11. The first kappa shape index (κ1) is 14.0. The molecule has 0 bridgehead atoms. The van der Waals surface area contributed by atoms with Crippen molar-refractivity contribution in [3.05, 3.63) is 35.9 Å². The number of nitrogens with one attached hydrogen (secondary N) is 1. The lowest BCUT2D eigenvalue weighted by Crippen LogP contribution is -2.44. The van der Waals surface area contributed by atoms with Crippen LogP contribution >= 0.6 is 11.8 Å². The van der Waals surface area contributed by atoms with E-state index in [2.05, 4.69) is 11.6 Å². The van der Waals surface area contributed by atoms with Crippen molar-refractivity contribution in [1.82, 2.24) is 5.32 Å². The van der Waals surface area contributed by atoms with Crippen molar-refractivity contribution in [1.29, 1.82) is 0 Å². The maximum Gasteiger partial charge on any atom is 0.244 e. The summed E-state index contributed by atoms with van der Waals surface area (Å²) in [4.78, 5) is 11.8. The molecule has 0 unspecified atom stereocenters. The fraction of sp³-hybridized carbons (Fsp3) is 0.400. The van der Waals surface area contributed by atoms with Gasteiger partial charge in [-0.15, -0.1) is 0 Å². The van der Waals surface area contributed by atoms with Crippen molar-refractivity contribution in [3.8, 4) is 0 Å². The molecule has 4 heteroatoms. The molecule has 0 aliphatic heterocycles. The summed E-state index contributed by atoms with van der Waals surface area (Å²) in [6, 6.07) is 7.45. The van der Waals surface area contributed by atoms with Crippen LogP contribution in [0.15, 0.2) is 30.3 Å². The Morgan fingerprint density at radius 2 is 2.11 bits per heavy atom. The molecule has 102 valence electrons. The molecule has 3 nitrogen and oxygen atoms in total. The van der Waals surface area contributed by atoms with Crippen LogP contribution in [0.5, 0.6) is 0 Å². The normalized spacial score (nSPS) is 17.1. The van der Waals surface area contributed by atoms with Gasteiger partial charge in [-0.1, -0.05) is 18.6 Å². The summed E-state index contributed by atoms with van der Waals surface area (Å²) < 4.78 is 0.282. The zero-order chi connectivity index (χ0) is 13.7. The highest BCUT2D eigenvalue weighted by Gasteiger charge is 2.35. The molecule has 2 rings (SSSR count). The van der Waals surface area contributed by atoms with Crippen molar-refractivity contribution in [2.75, 3.05) is 18.5 Å². The van der Waals surface area contributed by atoms with E-state index in [0.717, 1.165) is 17.8 Å². The molecule has 0 saturated heterocycles. The average molecular weight is 276 g/mol. The highest BCUT2D eigenvalue weighted by atomic mass is 32.2. The van der Waals surface area contributed by atoms with E-state index in [1.54, 1.807) is 12.2 Å². The summed E-state index contributed by atoms with van der Waals surface area (Å²) in [5.41, 5.74) is 7.32. The van der Waals surface area contributed by atoms with Crippen LogP contribution in [0.4, 0.5) is 5.69 Å². The van der Waals surface area contributed by atoms with Crippen LogP contribution in [-0.2, 0) is 4.79 Å². The van der Waals surface area contributed by atoms with Crippen molar-refractivity contribution in [3.63, 3.8) is 0 Å². The SMILES string of the molecule is CSC1(CNC(=O)/C=C/c2ccc(N)cc2)CCC1. The molecule has 1 aromatic rings. The summed E-state index contributed by atoms with van der Waals surface area (Å²) in [5, 5.41) is 2.99. The number of carbonyl (C=O) groups excluding carboxylic acids is 1. The number of nitrogens with two attached hydrogens (primary N) is 1. The van der Waals surface area contributed by atoms with Crippen LogP contribution in [-0.4, -0.2) is 23.5 Å². The average Bonchev–Trinajstić information content (AvgIpc) is 2.37. The number of rotatable bonds is 5. The predicted octanol–water partition coefficient (Wildman–Crippen LogP) is 2.68. The van der Waals surface area contributed by atoms with Crippen molar-refractivity contribution in [2.45, 2.75) is 24.0 Å². The van der Waals surface area contributed by atoms with Gasteiger partial charge in [-0.2, -0.15) is 11.8 Å². The van der Waals surface area contributed by atoms with Crippen molar-refractivity contribution < 1.29 is 4.79 Å². The molecule has 1 aliphatic carbocycles. The van der Waals surface area contributed by atoms with E-state index in [1.165, 1.54) is 19.3 Å². The molecule has 0 spiro atoms. The summed E-state index contributed by atoms with van der Waals surface area (Å²) in [5.74, 6) is -0.0304. The smallest absolute Gasteiger partial charge is 0.244 e. The Bertz CT molecular complexity index is 458. The van der Waals surface area contributed by atoms with E-state index in [0.29, 0.717) is 0 Å². The molecule has 1 aliphatic rings. The minimum absolute atomic E-state index is 0.0304. The molecular weight excluding hydrogens is 256 g/mol. The van der Waals surface area contributed by atoms with Crippen LogP contribution in [0.1, 0.15) is 24.8 Å². The van der Waals surface area contributed by atoms with Gasteiger partial charge in [0.1, 0.15) is 0 Å². The van der Waals surface area contributed by atoms with Crippen molar-refractivity contribution in [2.24, 2.45) is 0 Å². The molecule has 0 heterocycles. The molecule has 0 aromatic heterocycles. The lowest BCUT2D eigenvalue weighted by molar-refractivity contribution is -0.116. The molecule has 1 fully saturated rings. The van der Waals surface area contributed by atoms with E-state index in [4.69, 9.17) is 5.73 Å². The summed E-state index contributed by atoms with van der Waals surface area (Å²) in [6.07, 6.45) is 9.19. The Balaban J connectivity index is 1.82. The maximum absolute atomic E-state index is 11.8. The summed E-state index contributed by atoms with van der Waals surface area (Å²) in [6.45, 7) is 0.763. The molecule has 1 amide bonds. The second-order valence-corrected chi connectivity index (χ2v) is 6.23. The molecule has 1 saturated carbocycles. The van der Waals surface area contributed by atoms with Gasteiger partial charge in [0, 0.05) is 23.1 Å². The maximum atomic E-state index is 11.8. The lowest BCUT2D eigenvalue weighted by Gasteiger charge is -2.40. The van der Waals surface area contributed by atoms with Gasteiger partial charge in [-0.3, -0.25) is 4.79 Å². The van der Waals surface area contributed by atoms with Crippen LogP contribution in [0.25, 0.3) is 6.08 Å². The van der Waals surface area contributed by atoms with Gasteiger partial charge in [0.15, 0.2) is 0 Å². The first-order chi connectivity index (χ1) is 9.13. The first-order valence-corrected chi connectivity index (χ1v) is 7.73. The predicted molar refractivity (Wildman–Crippen MR) is 83.0 cm³/mol. The van der Waals surface area contributed by atoms with E-state index < -0.39 is 0 Å². The van der Waals surface area contributed by atoms with Crippen LogP contribution in [0, 0.1) is 0 Å². The number of hydrogen-bond acceptors (Lipinski definition) is 3. The Morgan fingerprint density at radius 3 is 2.63 bits per heavy atom. The van der Waals surface area contributed by atoms with Crippen LogP contribution in [0.2, 0.25) is 0 Å². The quantitative estimate of drug-likeness (QED) is 0.642. The number of benzene rings is 1. The first-order valence-electron chi connectivity index (χ1n) is 6.50. The summed E-state index contributed by atoms with van der Waals surface area (Å²) in [7, 11) is 0. The molecule has 0 atom stereocenters. The van der Waals surface area contributed by atoms with E-state index in [9.17, 15) is 4.79 Å². The zero-order valence-corrected chi connectivity index (χ0v) is 12.0. The molecule has 19 heavy (non-hydrogen) atoms. The standard InChI is InChI=1S/C15H20N2OS/c1-19-15(9-2-10-15)11-17-14(18)8-5-12-3-6-13(16)7-4-12/h3-8H,2,9-11,16H2,1H3,(H,17,18)/b8-5+. The monoisotopic (exact) mass is 276 g/mol. The van der Waals surface area contributed by atoms with E-state index >= 15 is 0 Å². The number of carbonyl (C=O) groups is 1. The van der Waals surface area contributed by atoms with Crippen LogP contribution < -0.4 is 11.1 Å². The molecular formula is C15H20N2OS. The number of amides is 1.